The molecule has 1 aromatic heterocycles. The van der Waals surface area contributed by atoms with E-state index < -0.39 is 11.8 Å². The molecule has 9 heteroatoms. The van der Waals surface area contributed by atoms with Gasteiger partial charge in [-0.3, -0.25) is 14.2 Å². The van der Waals surface area contributed by atoms with Gasteiger partial charge in [-0.1, -0.05) is 17.8 Å². The fourth-order valence-electron chi connectivity index (χ4n) is 2.84. The molecule has 7 nitrogen and oxygen atoms in total. The molecule has 0 radical (unpaired) electrons. The maximum Gasteiger partial charge on any atom is 0.270 e. The lowest BCUT2D eigenvalue weighted by Crippen LogP contribution is -2.34. The number of halogens is 1. The Hall–Kier alpha value is -3.33. The summed E-state index contributed by atoms with van der Waals surface area (Å²) in [5, 5.41) is 5.90. The van der Waals surface area contributed by atoms with Gasteiger partial charge in [0, 0.05) is 5.69 Å². The van der Waals surface area contributed by atoms with Crippen LogP contribution in [0.25, 0.3) is 5.69 Å². The highest BCUT2D eigenvalue weighted by atomic mass is 32.2. The standard InChI is InChI=1S/C21H21FN4O3S/c1-13-4-9-18(29-2)16(10-13)25-19(27)12-23-20(28)17-11-24-21(30-3)26(17)15-7-5-14(22)6-8-15/h4-11H,12H2,1-3H3,(H,23,28)(H,25,27). The van der Waals surface area contributed by atoms with Gasteiger partial charge in [0.25, 0.3) is 5.91 Å². The van der Waals surface area contributed by atoms with Crippen LogP contribution in [0.1, 0.15) is 16.1 Å². The SMILES string of the molecule is COc1ccc(C)cc1NC(=O)CNC(=O)c1cnc(SC)n1-c1ccc(F)cc1. The predicted molar refractivity (Wildman–Crippen MR) is 114 cm³/mol. The van der Waals surface area contributed by atoms with Crippen LogP contribution in [0.15, 0.2) is 53.8 Å². The number of rotatable bonds is 7. The molecular weight excluding hydrogens is 407 g/mol. The van der Waals surface area contributed by atoms with Crippen molar-refractivity contribution in [2.75, 3.05) is 25.2 Å². The third kappa shape index (κ3) is 4.80. The molecule has 0 saturated carbocycles. The van der Waals surface area contributed by atoms with E-state index in [1.807, 2.05) is 19.2 Å². The van der Waals surface area contributed by atoms with Crippen LogP contribution in [0.5, 0.6) is 5.75 Å². The molecule has 3 aromatic rings. The molecule has 156 valence electrons. The van der Waals surface area contributed by atoms with E-state index in [-0.39, 0.29) is 18.1 Å². The molecule has 2 N–H and O–H groups in total. The highest BCUT2D eigenvalue weighted by Gasteiger charge is 2.18. The van der Waals surface area contributed by atoms with Gasteiger partial charge in [0.2, 0.25) is 5.91 Å². The topological polar surface area (TPSA) is 85.2 Å². The first-order chi connectivity index (χ1) is 14.4. The van der Waals surface area contributed by atoms with Crippen LogP contribution in [0.3, 0.4) is 0 Å². The van der Waals surface area contributed by atoms with E-state index in [0.29, 0.717) is 22.3 Å². The van der Waals surface area contributed by atoms with Crippen molar-refractivity contribution in [1.82, 2.24) is 14.9 Å². The Bertz CT molecular complexity index is 1070. The molecule has 0 spiro atoms. The average Bonchev–Trinajstić information content (AvgIpc) is 3.17. The number of nitrogens with zero attached hydrogens (tertiary/aromatic N) is 2. The normalized spacial score (nSPS) is 10.5. The number of carbonyl (C=O) groups is 2. The second kappa shape index (κ2) is 9.45. The summed E-state index contributed by atoms with van der Waals surface area (Å²) in [6.07, 6.45) is 3.25. The maximum atomic E-state index is 13.3. The highest BCUT2D eigenvalue weighted by molar-refractivity contribution is 7.98. The molecule has 2 aromatic carbocycles. The molecule has 0 unspecified atom stereocenters. The fraction of sp³-hybridized carbons (Fsp3) is 0.190. The van der Waals surface area contributed by atoms with Crippen LogP contribution in [-0.2, 0) is 4.79 Å². The van der Waals surface area contributed by atoms with Crippen molar-refractivity contribution in [2.24, 2.45) is 0 Å². The number of imidazole rings is 1. The van der Waals surface area contributed by atoms with Gasteiger partial charge < -0.3 is 15.4 Å². The average molecular weight is 428 g/mol. The number of methoxy groups -OCH3 is 1. The molecule has 0 fully saturated rings. The first kappa shape index (κ1) is 21.4. The Labute approximate surface area is 177 Å². The summed E-state index contributed by atoms with van der Waals surface area (Å²) < 4.78 is 20.1. The number of anilines is 1. The van der Waals surface area contributed by atoms with Gasteiger partial charge in [0.05, 0.1) is 25.5 Å². The number of hydrogen-bond donors (Lipinski definition) is 2. The lowest BCUT2D eigenvalue weighted by Gasteiger charge is -2.13. The lowest BCUT2D eigenvalue weighted by molar-refractivity contribution is -0.115. The highest BCUT2D eigenvalue weighted by Crippen LogP contribution is 2.25. The maximum absolute atomic E-state index is 13.3. The van der Waals surface area contributed by atoms with E-state index in [0.717, 1.165) is 5.56 Å². The molecule has 0 aliphatic carbocycles. The molecular formula is C21H21FN4O3S. The van der Waals surface area contributed by atoms with Crippen LogP contribution in [-0.4, -0.2) is 41.3 Å². The number of aryl methyl sites for hydroxylation is 1. The quantitative estimate of drug-likeness (QED) is 0.564. The number of hydrogen-bond acceptors (Lipinski definition) is 5. The minimum atomic E-state index is -0.474. The first-order valence-electron chi connectivity index (χ1n) is 9.03. The smallest absolute Gasteiger partial charge is 0.270 e. The summed E-state index contributed by atoms with van der Waals surface area (Å²) in [7, 11) is 1.52. The van der Waals surface area contributed by atoms with Crippen molar-refractivity contribution < 1.29 is 18.7 Å². The Balaban J connectivity index is 1.73. The van der Waals surface area contributed by atoms with E-state index in [2.05, 4.69) is 15.6 Å². The van der Waals surface area contributed by atoms with Gasteiger partial charge in [-0.15, -0.1) is 0 Å². The largest absolute Gasteiger partial charge is 0.495 e. The number of nitrogens with one attached hydrogen (secondary N) is 2. The first-order valence-corrected chi connectivity index (χ1v) is 10.3. The van der Waals surface area contributed by atoms with E-state index in [4.69, 9.17) is 4.74 Å². The summed E-state index contributed by atoms with van der Waals surface area (Å²) in [6.45, 7) is 1.66. The summed E-state index contributed by atoms with van der Waals surface area (Å²) in [5.74, 6) is -0.721. The molecule has 2 amide bonds. The third-order valence-corrected chi connectivity index (χ3v) is 4.92. The molecule has 30 heavy (non-hydrogen) atoms. The second-order valence-corrected chi connectivity index (χ2v) is 7.15. The summed E-state index contributed by atoms with van der Waals surface area (Å²) >= 11 is 1.35. The number of ether oxygens (including phenoxy) is 1. The van der Waals surface area contributed by atoms with Crippen molar-refractivity contribution in [3.8, 4) is 11.4 Å². The number of aromatic nitrogens is 2. The summed E-state index contributed by atoms with van der Waals surface area (Å²) in [5.41, 5.74) is 2.32. The van der Waals surface area contributed by atoms with Crippen molar-refractivity contribution in [3.05, 3.63) is 65.7 Å². The molecule has 0 aliphatic heterocycles. The molecule has 1 heterocycles. The van der Waals surface area contributed by atoms with Crippen molar-refractivity contribution in [1.29, 1.82) is 0 Å². The summed E-state index contributed by atoms with van der Waals surface area (Å²) in [4.78, 5) is 29.3. The fourth-order valence-corrected chi connectivity index (χ4v) is 3.39. The van der Waals surface area contributed by atoms with E-state index in [9.17, 15) is 14.0 Å². The Kier molecular flexibility index (Phi) is 6.73. The van der Waals surface area contributed by atoms with Gasteiger partial charge in [-0.25, -0.2) is 9.37 Å². The monoisotopic (exact) mass is 428 g/mol. The predicted octanol–water partition coefficient (Wildman–Crippen LogP) is 3.42. The third-order valence-electron chi connectivity index (χ3n) is 4.27. The molecule has 0 bridgehead atoms. The minimum absolute atomic E-state index is 0.237. The van der Waals surface area contributed by atoms with Crippen LogP contribution in [0.2, 0.25) is 0 Å². The zero-order chi connectivity index (χ0) is 21.7. The zero-order valence-corrected chi connectivity index (χ0v) is 17.5. The van der Waals surface area contributed by atoms with Gasteiger partial charge in [-0.2, -0.15) is 0 Å². The van der Waals surface area contributed by atoms with Gasteiger partial charge in [0.1, 0.15) is 17.3 Å². The summed E-state index contributed by atoms with van der Waals surface area (Å²) in [6, 6.07) is 11.2. The number of carbonyl (C=O) groups excluding carboxylic acids is 2. The van der Waals surface area contributed by atoms with E-state index in [1.165, 1.54) is 37.2 Å². The van der Waals surface area contributed by atoms with E-state index in [1.54, 1.807) is 28.8 Å². The zero-order valence-electron chi connectivity index (χ0n) is 16.7. The molecule has 3 rings (SSSR count). The van der Waals surface area contributed by atoms with Gasteiger partial charge in [0.15, 0.2) is 5.16 Å². The van der Waals surface area contributed by atoms with Crippen LogP contribution >= 0.6 is 11.8 Å². The Morgan fingerprint density at radius 2 is 1.93 bits per heavy atom. The number of benzene rings is 2. The van der Waals surface area contributed by atoms with Crippen LogP contribution < -0.4 is 15.4 Å². The Morgan fingerprint density at radius 1 is 1.20 bits per heavy atom. The minimum Gasteiger partial charge on any atom is -0.495 e. The van der Waals surface area contributed by atoms with Crippen molar-refractivity contribution in [2.45, 2.75) is 12.1 Å². The molecule has 0 saturated heterocycles. The Morgan fingerprint density at radius 3 is 2.60 bits per heavy atom. The number of thioether (sulfide) groups is 1. The van der Waals surface area contributed by atoms with Crippen LogP contribution in [0.4, 0.5) is 10.1 Å². The molecule has 0 atom stereocenters. The lowest BCUT2D eigenvalue weighted by atomic mass is 10.2. The van der Waals surface area contributed by atoms with E-state index >= 15 is 0 Å². The van der Waals surface area contributed by atoms with Gasteiger partial charge in [-0.05, 0) is 55.1 Å². The second-order valence-electron chi connectivity index (χ2n) is 6.38. The number of amides is 2. The van der Waals surface area contributed by atoms with Crippen molar-refractivity contribution in [3.63, 3.8) is 0 Å². The van der Waals surface area contributed by atoms with Gasteiger partial charge >= 0.3 is 0 Å². The molecule has 0 aliphatic rings. The van der Waals surface area contributed by atoms with Crippen molar-refractivity contribution >= 4 is 29.3 Å². The van der Waals surface area contributed by atoms with Crippen LogP contribution in [0, 0.1) is 12.7 Å².